The van der Waals surface area contributed by atoms with E-state index in [2.05, 4.69) is 15.3 Å². The number of aliphatic hydroxyl groups excluding tert-OH is 1. The van der Waals surface area contributed by atoms with E-state index in [9.17, 15) is 9.90 Å². The lowest BCUT2D eigenvalue weighted by molar-refractivity contribution is 0.0916. The highest BCUT2D eigenvalue weighted by atomic mass is 16.3. The van der Waals surface area contributed by atoms with Crippen LogP contribution in [-0.2, 0) is 0 Å². The largest absolute Gasteiger partial charge is 0.461 e. The molecule has 2 aromatic heterocycles. The van der Waals surface area contributed by atoms with Crippen LogP contribution in [0.15, 0.2) is 59.3 Å². The number of benzene rings is 1. The number of nitrogens with zero attached hydrogens (tertiary/aromatic N) is 2. The number of carbonyl (C=O) groups excluding carboxylic acids is 1. The molecule has 3 aromatic rings. The zero-order chi connectivity index (χ0) is 16.9. The first-order valence-electron chi connectivity index (χ1n) is 7.32. The van der Waals surface area contributed by atoms with Gasteiger partial charge in [-0.05, 0) is 17.7 Å². The monoisotopic (exact) mass is 324 g/mol. The fraction of sp³-hybridized carbons (Fsp3) is 0.118. The molecule has 4 N–H and O–H groups in total. The summed E-state index contributed by atoms with van der Waals surface area (Å²) >= 11 is 0. The molecule has 1 amide bonds. The first-order valence-corrected chi connectivity index (χ1v) is 7.32. The highest BCUT2D eigenvalue weighted by Crippen LogP contribution is 2.19. The van der Waals surface area contributed by atoms with E-state index < -0.39 is 11.9 Å². The third-order valence-electron chi connectivity index (χ3n) is 3.49. The van der Waals surface area contributed by atoms with Crippen molar-refractivity contribution in [3.63, 3.8) is 0 Å². The van der Waals surface area contributed by atoms with Gasteiger partial charge in [-0.25, -0.2) is 9.97 Å². The quantitative estimate of drug-likeness (QED) is 0.659. The average molecular weight is 324 g/mol. The summed E-state index contributed by atoms with van der Waals surface area (Å²) in [6.45, 7) is -0.235. The molecule has 1 atom stereocenters. The number of furan rings is 1. The molecule has 0 aliphatic heterocycles. The minimum Gasteiger partial charge on any atom is -0.461 e. The number of aliphatic hydroxyl groups is 1. The minimum absolute atomic E-state index is 0.0404. The predicted octanol–water partition coefficient (Wildman–Crippen LogP) is 1.78. The molecule has 7 nitrogen and oxygen atoms in total. The minimum atomic E-state index is -0.539. The van der Waals surface area contributed by atoms with E-state index in [0.29, 0.717) is 11.6 Å². The molecule has 0 spiro atoms. The van der Waals surface area contributed by atoms with E-state index in [4.69, 9.17) is 10.2 Å². The average Bonchev–Trinajstić information content (AvgIpc) is 3.14. The van der Waals surface area contributed by atoms with Crippen LogP contribution in [0.3, 0.4) is 0 Å². The van der Waals surface area contributed by atoms with Gasteiger partial charge in [0.1, 0.15) is 5.82 Å². The van der Waals surface area contributed by atoms with Crippen molar-refractivity contribution < 1.29 is 14.3 Å². The van der Waals surface area contributed by atoms with Crippen molar-refractivity contribution in [1.82, 2.24) is 15.3 Å². The standard InChI is InChI=1S/C17H16N4O3/c18-15-12(9-19-16(21-15)14-7-4-8-24-14)17(23)20-13(10-22)11-5-2-1-3-6-11/h1-9,13,22H,10H2,(H,20,23)(H2,18,19,21)/t13-/m1/s1. The van der Waals surface area contributed by atoms with Crippen LogP contribution in [0.1, 0.15) is 22.0 Å². The van der Waals surface area contributed by atoms with E-state index in [1.54, 1.807) is 12.1 Å². The van der Waals surface area contributed by atoms with Crippen LogP contribution in [0.4, 0.5) is 5.82 Å². The molecular formula is C17H16N4O3. The summed E-state index contributed by atoms with van der Waals surface area (Å²) in [5, 5.41) is 12.2. The number of hydrogen-bond acceptors (Lipinski definition) is 6. The summed E-state index contributed by atoms with van der Waals surface area (Å²) in [6, 6.07) is 12.0. The Labute approximate surface area is 138 Å². The molecule has 3 rings (SSSR count). The normalized spacial score (nSPS) is 11.9. The van der Waals surface area contributed by atoms with Crippen molar-refractivity contribution >= 4 is 11.7 Å². The number of nitrogens with two attached hydrogens (primary N) is 1. The SMILES string of the molecule is Nc1nc(-c2ccco2)ncc1C(=O)N[C@H](CO)c1ccccc1. The number of nitrogen functional groups attached to an aromatic ring is 1. The van der Waals surface area contributed by atoms with Crippen molar-refractivity contribution in [2.45, 2.75) is 6.04 Å². The van der Waals surface area contributed by atoms with Gasteiger partial charge >= 0.3 is 0 Å². The van der Waals surface area contributed by atoms with Gasteiger partial charge in [0.15, 0.2) is 11.6 Å². The van der Waals surface area contributed by atoms with Gasteiger partial charge in [-0.2, -0.15) is 0 Å². The molecule has 1 aromatic carbocycles. The van der Waals surface area contributed by atoms with Crippen molar-refractivity contribution in [2.24, 2.45) is 0 Å². The highest BCUT2D eigenvalue weighted by molar-refractivity contribution is 5.98. The van der Waals surface area contributed by atoms with Crippen molar-refractivity contribution in [1.29, 1.82) is 0 Å². The molecule has 7 heteroatoms. The Bertz CT molecular complexity index is 819. The number of aromatic nitrogens is 2. The number of hydrogen-bond donors (Lipinski definition) is 3. The lowest BCUT2D eigenvalue weighted by Gasteiger charge is -2.17. The molecule has 122 valence electrons. The topological polar surface area (TPSA) is 114 Å². The second kappa shape index (κ2) is 6.93. The molecule has 0 saturated heterocycles. The van der Waals surface area contributed by atoms with Gasteiger partial charge in [0.2, 0.25) is 0 Å². The van der Waals surface area contributed by atoms with Crippen molar-refractivity contribution in [3.8, 4) is 11.6 Å². The van der Waals surface area contributed by atoms with E-state index in [0.717, 1.165) is 5.56 Å². The molecule has 2 heterocycles. The number of anilines is 1. The Kier molecular flexibility index (Phi) is 4.53. The van der Waals surface area contributed by atoms with Crippen LogP contribution in [-0.4, -0.2) is 27.6 Å². The summed E-state index contributed by atoms with van der Waals surface area (Å²) in [7, 11) is 0. The summed E-state index contributed by atoms with van der Waals surface area (Å²) in [5.41, 5.74) is 6.80. The van der Waals surface area contributed by atoms with Gasteiger partial charge in [-0.1, -0.05) is 30.3 Å². The lowest BCUT2D eigenvalue weighted by Crippen LogP contribution is -2.31. The van der Waals surface area contributed by atoms with Gasteiger partial charge in [-0.3, -0.25) is 4.79 Å². The van der Waals surface area contributed by atoms with Gasteiger partial charge in [0, 0.05) is 6.20 Å². The fourth-order valence-electron chi connectivity index (χ4n) is 2.25. The number of rotatable bonds is 5. The smallest absolute Gasteiger partial charge is 0.257 e. The first-order chi connectivity index (χ1) is 11.7. The van der Waals surface area contributed by atoms with E-state index in [-0.39, 0.29) is 18.0 Å². The van der Waals surface area contributed by atoms with Crippen molar-refractivity contribution in [2.75, 3.05) is 12.3 Å². The molecule has 0 aliphatic rings. The second-order valence-electron chi connectivity index (χ2n) is 5.09. The van der Waals surface area contributed by atoms with Crippen LogP contribution in [0, 0.1) is 0 Å². The summed E-state index contributed by atoms with van der Waals surface area (Å²) in [5.74, 6) is 0.349. The summed E-state index contributed by atoms with van der Waals surface area (Å²) in [6.07, 6.45) is 2.84. The van der Waals surface area contributed by atoms with E-state index >= 15 is 0 Å². The molecule has 24 heavy (non-hydrogen) atoms. The first kappa shape index (κ1) is 15.7. The zero-order valence-electron chi connectivity index (χ0n) is 12.7. The second-order valence-corrected chi connectivity index (χ2v) is 5.09. The third kappa shape index (κ3) is 3.26. The third-order valence-corrected chi connectivity index (χ3v) is 3.49. The maximum Gasteiger partial charge on any atom is 0.257 e. The zero-order valence-corrected chi connectivity index (χ0v) is 12.7. The van der Waals surface area contributed by atoms with Gasteiger partial charge < -0.3 is 20.6 Å². The molecule has 0 fully saturated rings. The van der Waals surface area contributed by atoms with Gasteiger partial charge in [0.25, 0.3) is 5.91 Å². The molecule has 0 saturated carbocycles. The highest BCUT2D eigenvalue weighted by Gasteiger charge is 2.18. The van der Waals surface area contributed by atoms with Crippen LogP contribution >= 0.6 is 0 Å². The molecule has 0 radical (unpaired) electrons. The summed E-state index contributed by atoms with van der Waals surface area (Å²) < 4.78 is 5.20. The van der Waals surface area contributed by atoms with Crippen LogP contribution < -0.4 is 11.1 Å². The van der Waals surface area contributed by atoms with Crippen LogP contribution in [0.25, 0.3) is 11.6 Å². The Morgan fingerprint density at radius 1 is 1.25 bits per heavy atom. The summed E-state index contributed by atoms with van der Waals surface area (Å²) in [4.78, 5) is 20.6. The maximum atomic E-state index is 12.4. The predicted molar refractivity (Wildman–Crippen MR) is 87.9 cm³/mol. The lowest BCUT2D eigenvalue weighted by atomic mass is 10.1. The Balaban J connectivity index is 1.80. The molecule has 0 bridgehead atoms. The van der Waals surface area contributed by atoms with Crippen molar-refractivity contribution in [3.05, 3.63) is 66.1 Å². The van der Waals surface area contributed by atoms with Gasteiger partial charge in [0.05, 0.1) is 24.5 Å². The fourth-order valence-corrected chi connectivity index (χ4v) is 2.25. The van der Waals surface area contributed by atoms with Crippen LogP contribution in [0.2, 0.25) is 0 Å². The Morgan fingerprint density at radius 2 is 2.04 bits per heavy atom. The molecular weight excluding hydrogens is 308 g/mol. The maximum absolute atomic E-state index is 12.4. The Hall–Kier alpha value is -3.19. The number of amides is 1. The number of carbonyl (C=O) groups is 1. The Morgan fingerprint density at radius 3 is 2.67 bits per heavy atom. The molecule has 0 aliphatic carbocycles. The van der Waals surface area contributed by atoms with E-state index in [1.807, 2.05) is 30.3 Å². The number of nitrogens with one attached hydrogen (secondary N) is 1. The van der Waals surface area contributed by atoms with Crippen LogP contribution in [0.5, 0.6) is 0 Å². The van der Waals surface area contributed by atoms with E-state index in [1.165, 1.54) is 12.5 Å². The van der Waals surface area contributed by atoms with Gasteiger partial charge in [-0.15, -0.1) is 0 Å². The molecule has 0 unspecified atom stereocenters.